The summed E-state index contributed by atoms with van der Waals surface area (Å²) >= 11 is 0. The lowest BCUT2D eigenvalue weighted by Crippen LogP contribution is -2.66. The number of methoxy groups -OCH3 is 1. The molecule has 3 nitrogen and oxygen atoms in total. The van der Waals surface area contributed by atoms with Crippen LogP contribution in [0.3, 0.4) is 0 Å². The van der Waals surface area contributed by atoms with E-state index in [4.69, 9.17) is 4.74 Å². The van der Waals surface area contributed by atoms with Gasteiger partial charge in [-0.1, -0.05) is 30.3 Å². The third kappa shape index (κ3) is 3.16. The van der Waals surface area contributed by atoms with Gasteiger partial charge in [0.2, 0.25) is 0 Å². The minimum atomic E-state index is 0.0370. The van der Waals surface area contributed by atoms with E-state index >= 15 is 0 Å². The molecule has 1 heterocycles. The van der Waals surface area contributed by atoms with E-state index in [0.29, 0.717) is 0 Å². The highest BCUT2D eigenvalue weighted by atomic mass is 16.5. The first-order valence-corrected chi connectivity index (χ1v) is 7.02. The predicted molar refractivity (Wildman–Crippen MR) is 79.3 cm³/mol. The van der Waals surface area contributed by atoms with Crippen LogP contribution in [0.25, 0.3) is 0 Å². The fourth-order valence-electron chi connectivity index (χ4n) is 2.84. The van der Waals surface area contributed by atoms with E-state index in [1.807, 2.05) is 0 Å². The highest BCUT2D eigenvalue weighted by Gasteiger charge is 2.41. The van der Waals surface area contributed by atoms with Crippen molar-refractivity contribution in [2.24, 2.45) is 0 Å². The molecule has 19 heavy (non-hydrogen) atoms. The number of ether oxygens (including phenoxy) is 1. The Morgan fingerprint density at radius 2 is 1.89 bits per heavy atom. The van der Waals surface area contributed by atoms with Gasteiger partial charge in [0, 0.05) is 32.3 Å². The summed E-state index contributed by atoms with van der Waals surface area (Å²) in [6.07, 6.45) is 0. The van der Waals surface area contributed by atoms with E-state index in [-0.39, 0.29) is 11.1 Å². The van der Waals surface area contributed by atoms with Crippen molar-refractivity contribution in [1.29, 1.82) is 0 Å². The van der Waals surface area contributed by atoms with Gasteiger partial charge in [-0.15, -0.1) is 0 Å². The Hall–Kier alpha value is -0.900. The van der Waals surface area contributed by atoms with Crippen molar-refractivity contribution in [1.82, 2.24) is 10.2 Å². The molecule has 0 aromatic heterocycles. The lowest BCUT2D eigenvalue weighted by molar-refractivity contribution is 0.00608. The Kier molecular flexibility index (Phi) is 4.29. The lowest BCUT2D eigenvalue weighted by Gasteiger charge is -2.51. The number of nitrogens with one attached hydrogen (secondary N) is 1. The van der Waals surface area contributed by atoms with Crippen LogP contribution >= 0.6 is 0 Å². The zero-order valence-corrected chi connectivity index (χ0v) is 12.6. The normalized spacial score (nSPS) is 27.4. The second-order valence-electron chi connectivity index (χ2n) is 6.29. The average molecular weight is 262 g/mol. The second kappa shape index (κ2) is 5.61. The molecular weight excluding hydrogens is 236 g/mol. The summed E-state index contributed by atoms with van der Waals surface area (Å²) in [5.74, 6) is 0. The third-order valence-electron chi connectivity index (χ3n) is 4.16. The lowest BCUT2D eigenvalue weighted by atomic mass is 9.84. The zero-order chi connectivity index (χ0) is 13.9. The van der Waals surface area contributed by atoms with Gasteiger partial charge in [-0.05, 0) is 26.3 Å². The van der Waals surface area contributed by atoms with Crippen molar-refractivity contribution in [2.45, 2.75) is 31.8 Å². The molecule has 0 amide bonds. The van der Waals surface area contributed by atoms with Gasteiger partial charge < -0.3 is 10.1 Å². The van der Waals surface area contributed by atoms with Crippen molar-refractivity contribution in [3.63, 3.8) is 0 Å². The van der Waals surface area contributed by atoms with Gasteiger partial charge in [-0.3, -0.25) is 4.90 Å². The van der Waals surface area contributed by atoms with Crippen LogP contribution in [0.5, 0.6) is 0 Å². The smallest absolute Gasteiger partial charge is 0.0590 e. The minimum absolute atomic E-state index is 0.0370. The first-order chi connectivity index (χ1) is 8.98. The summed E-state index contributed by atoms with van der Waals surface area (Å²) in [6.45, 7) is 10.6. The molecule has 2 rings (SSSR count). The maximum absolute atomic E-state index is 5.28. The molecule has 0 spiro atoms. The van der Waals surface area contributed by atoms with E-state index in [1.54, 1.807) is 7.11 Å². The molecule has 1 saturated heterocycles. The molecule has 0 radical (unpaired) electrons. The Balaban J connectivity index is 2.25. The van der Waals surface area contributed by atoms with E-state index < -0.39 is 0 Å². The Morgan fingerprint density at radius 3 is 2.53 bits per heavy atom. The van der Waals surface area contributed by atoms with Crippen LogP contribution in [-0.2, 0) is 10.3 Å². The van der Waals surface area contributed by atoms with Crippen LogP contribution in [0.15, 0.2) is 30.3 Å². The highest BCUT2D eigenvalue weighted by molar-refractivity contribution is 5.26. The molecule has 3 heteroatoms. The molecule has 0 bridgehead atoms. The van der Waals surface area contributed by atoms with Crippen LogP contribution in [0.4, 0.5) is 0 Å². The molecule has 0 saturated carbocycles. The van der Waals surface area contributed by atoms with Gasteiger partial charge in [-0.2, -0.15) is 0 Å². The standard InChI is InChI=1S/C16H26N2O/c1-15(2)13-18(10-11-19-4)16(3,12-17-15)14-8-6-5-7-9-14/h5-9,17H,10-13H2,1-4H3. The summed E-state index contributed by atoms with van der Waals surface area (Å²) in [5.41, 5.74) is 1.56. The van der Waals surface area contributed by atoms with E-state index in [1.165, 1.54) is 5.56 Å². The van der Waals surface area contributed by atoms with Gasteiger partial charge in [-0.25, -0.2) is 0 Å². The van der Waals surface area contributed by atoms with Crippen molar-refractivity contribution >= 4 is 0 Å². The molecule has 1 aromatic rings. The Morgan fingerprint density at radius 1 is 1.21 bits per heavy atom. The van der Waals surface area contributed by atoms with Gasteiger partial charge in [0.25, 0.3) is 0 Å². The van der Waals surface area contributed by atoms with E-state index in [2.05, 4.69) is 61.3 Å². The largest absolute Gasteiger partial charge is 0.383 e. The number of hydrogen-bond acceptors (Lipinski definition) is 3. The molecule has 1 N–H and O–H groups in total. The van der Waals surface area contributed by atoms with E-state index in [9.17, 15) is 0 Å². The van der Waals surface area contributed by atoms with E-state index in [0.717, 1.165) is 26.2 Å². The zero-order valence-electron chi connectivity index (χ0n) is 12.6. The first kappa shape index (κ1) is 14.5. The number of nitrogens with zero attached hydrogens (tertiary/aromatic N) is 1. The van der Waals surface area contributed by atoms with Gasteiger partial charge >= 0.3 is 0 Å². The molecule has 1 unspecified atom stereocenters. The van der Waals surface area contributed by atoms with Crippen LogP contribution < -0.4 is 5.32 Å². The maximum Gasteiger partial charge on any atom is 0.0590 e. The summed E-state index contributed by atoms with van der Waals surface area (Å²) in [7, 11) is 1.77. The molecular formula is C16H26N2O. The number of benzene rings is 1. The molecule has 1 atom stereocenters. The van der Waals surface area contributed by atoms with Crippen molar-refractivity contribution in [3.8, 4) is 0 Å². The fraction of sp³-hybridized carbons (Fsp3) is 0.625. The minimum Gasteiger partial charge on any atom is -0.383 e. The topological polar surface area (TPSA) is 24.5 Å². The predicted octanol–water partition coefficient (Wildman–Crippen LogP) is 2.23. The third-order valence-corrected chi connectivity index (χ3v) is 4.16. The molecule has 1 aliphatic rings. The number of piperazine rings is 1. The van der Waals surface area contributed by atoms with Crippen LogP contribution in [-0.4, -0.2) is 43.8 Å². The maximum atomic E-state index is 5.28. The number of hydrogen-bond donors (Lipinski definition) is 1. The summed E-state index contributed by atoms with van der Waals surface area (Å²) in [4.78, 5) is 2.54. The van der Waals surface area contributed by atoms with Crippen LogP contribution in [0.2, 0.25) is 0 Å². The molecule has 1 fully saturated rings. The van der Waals surface area contributed by atoms with Crippen molar-refractivity contribution in [3.05, 3.63) is 35.9 Å². The summed E-state index contributed by atoms with van der Waals surface area (Å²) < 4.78 is 5.28. The fourth-order valence-corrected chi connectivity index (χ4v) is 2.84. The second-order valence-corrected chi connectivity index (χ2v) is 6.29. The quantitative estimate of drug-likeness (QED) is 0.900. The summed E-state index contributed by atoms with van der Waals surface area (Å²) in [6, 6.07) is 10.8. The van der Waals surface area contributed by atoms with Crippen molar-refractivity contribution < 1.29 is 4.74 Å². The average Bonchev–Trinajstić information content (AvgIpc) is 2.41. The number of rotatable bonds is 4. The van der Waals surface area contributed by atoms with Gasteiger partial charge in [0.05, 0.1) is 12.1 Å². The molecule has 0 aliphatic carbocycles. The Bertz CT molecular complexity index is 404. The monoisotopic (exact) mass is 262 g/mol. The Labute approximate surface area is 116 Å². The van der Waals surface area contributed by atoms with Gasteiger partial charge in [0.15, 0.2) is 0 Å². The molecule has 106 valence electrons. The van der Waals surface area contributed by atoms with Crippen LogP contribution in [0, 0.1) is 0 Å². The van der Waals surface area contributed by atoms with Crippen molar-refractivity contribution in [2.75, 3.05) is 33.4 Å². The first-order valence-electron chi connectivity index (χ1n) is 7.02. The van der Waals surface area contributed by atoms with Gasteiger partial charge in [0.1, 0.15) is 0 Å². The SMILES string of the molecule is COCCN1CC(C)(C)NCC1(C)c1ccccc1. The molecule has 1 aliphatic heterocycles. The van der Waals surface area contributed by atoms with Crippen LogP contribution in [0.1, 0.15) is 26.3 Å². The molecule has 1 aromatic carbocycles. The summed E-state index contributed by atoms with van der Waals surface area (Å²) in [5, 5.41) is 3.67. The highest BCUT2D eigenvalue weighted by Crippen LogP contribution is 2.32.